The molecule has 0 spiro atoms. The van der Waals surface area contributed by atoms with Crippen molar-refractivity contribution in [2.45, 2.75) is 13.0 Å². The maximum absolute atomic E-state index is 8.78. The summed E-state index contributed by atoms with van der Waals surface area (Å²) in [6.45, 7) is 2.06. The van der Waals surface area contributed by atoms with Crippen LogP contribution in [0.3, 0.4) is 0 Å². The molecule has 0 aromatic heterocycles. The minimum absolute atomic E-state index is 0.590. The second-order valence-corrected chi connectivity index (χ2v) is 4.60. The first-order chi connectivity index (χ1) is 6.79. The van der Waals surface area contributed by atoms with E-state index in [1.807, 2.05) is 30.0 Å². The van der Waals surface area contributed by atoms with Gasteiger partial charge in [-0.25, -0.2) is 0 Å². The molecule has 1 aromatic carbocycles. The van der Waals surface area contributed by atoms with Gasteiger partial charge in [-0.15, -0.1) is 0 Å². The van der Waals surface area contributed by atoms with Crippen molar-refractivity contribution in [3.05, 3.63) is 29.3 Å². The van der Waals surface area contributed by atoms with Gasteiger partial charge in [-0.05, 0) is 24.6 Å². The summed E-state index contributed by atoms with van der Waals surface area (Å²) in [5, 5.41) is 12.2. The summed E-state index contributed by atoms with van der Waals surface area (Å²) >= 11 is 1.95. The fraction of sp³-hybridized carbons (Fsp3) is 0.364. The van der Waals surface area contributed by atoms with Crippen LogP contribution >= 0.6 is 11.8 Å². The molecule has 0 bridgehead atoms. The van der Waals surface area contributed by atoms with Gasteiger partial charge in [-0.2, -0.15) is 17.0 Å². The molecule has 72 valence electrons. The van der Waals surface area contributed by atoms with Crippen molar-refractivity contribution in [2.75, 3.05) is 16.8 Å². The molecule has 1 N–H and O–H groups in total. The lowest BCUT2D eigenvalue weighted by atomic mass is 10.1. The fourth-order valence-corrected chi connectivity index (χ4v) is 2.02. The molecule has 0 radical (unpaired) electrons. The van der Waals surface area contributed by atoms with E-state index in [1.54, 1.807) is 0 Å². The van der Waals surface area contributed by atoms with Gasteiger partial charge in [0.15, 0.2) is 0 Å². The van der Waals surface area contributed by atoms with Crippen molar-refractivity contribution in [2.24, 2.45) is 0 Å². The molecule has 3 heteroatoms. The van der Waals surface area contributed by atoms with E-state index in [1.165, 1.54) is 17.1 Å². The molecule has 0 saturated carbocycles. The standard InChI is InChI=1S/C11H12N2S/c1-8-2-3-9(5-12)4-11(8)13-10-6-14-7-10/h2-4,10,13H,6-7H2,1H3. The van der Waals surface area contributed by atoms with E-state index in [2.05, 4.69) is 18.3 Å². The molecule has 1 saturated heterocycles. The van der Waals surface area contributed by atoms with Crippen molar-refractivity contribution < 1.29 is 0 Å². The smallest absolute Gasteiger partial charge is 0.0992 e. The van der Waals surface area contributed by atoms with Gasteiger partial charge in [0.05, 0.1) is 11.6 Å². The van der Waals surface area contributed by atoms with Crippen LogP contribution in [0.5, 0.6) is 0 Å². The highest BCUT2D eigenvalue weighted by atomic mass is 32.2. The Hall–Kier alpha value is -1.14. The zero-order chi connectivity index (χ0) is 9.97. The lowest BCUT2D eigenvalue weighted by molar-refractivity contribution is 0.880. The van der Waals surface area contributed by atoms with E-state index in [9.17, 15) is 0 Å². The number of nitrogens with one attached hydrogen (secondary N) is 1. The molecule has 0 atom stereocenters. The second kappa shape index (κ2) is 3.93. The summed E-state index contributed by atoms with van der Waals surface area (Å²) in [5.41, 5.74) is 3.04. The Bertz CT molecular complexity index is 377. The number of anilines is 1. The zero-order valence-corrected chi connectivity index (χ0v) is 8.90. The van der Waals surface area contributed by atoms with E-state index in [0.29, 0.717) is 6.04 Å². The molecule has 1 aromatic rings. The minimum atomic E-state index is 0.590. The van der Waals surface area contributed by atoms with Gasteiger partial charge >= 0.3 is 0 Å². The third-order valence-electron chi connectivity index (χ3n) is 2.36. The molecule has 0 aliphatic carbocycles. The van der Waals surface area contributed by atoms with Crippen LogP contribution in [0.25, 0.3) is 0 Å². The van der Waals surface area contributed by atoms with Crippen LogP contribution in [0.1, 0.15) is 11.1 Å². The zero-order valence-electron chi connectivity index (χ0n) is 8.08. The van der Waals surface area contributed by atoms with Crippen molar-refractivity contribution in [3.8, 4) is 6.07 Å². The number of thioether (sulfide) groups is 1. The topological polar surface area (TPSA) is 35.8 Å². The lowest BCUT2D eigenvalue weighted by Crippen LogP contribution is -2.33. The van der Waals surface area contributed by atoms with Crippen molar-refractivity contribution in [3.63, 3.8) is 0 Å². The van der Waals surface area contributed by atoms with Gasteiger partial charge < -0.3 is 5.32 Å². The van der Waals surface area contributed by atoms with Crippen molar-refractivity contribution in [1.29, 1.82) is 5.26 Å². The van der Waals surface area contributed by atoms with Crippen molar-refractivity contribution >= 4 is 17.4 Å². The summed E-state index contributed by atoms with van der Waals surface area (Å²) in [7, 11) is 0. The largest absolute Gasteiger partial charge is 0.380 e. The Morgan fingerprint density at radius 2 is 2.29 bits per heavy atom. The molecule has 14 heavy (non-hydrogen) atoms. The molecule has 1 aliphatic rings. The Balaban J connectivity index is 2.18. The maximum Gasteiger partial charge on any atom is 0.0992 e. The van der Waals surface area contributed by atoms with Crippen LogP contribution in [0.2, 0.25) is 0 Å². The maximum atomic E-state index is 8.78. The average Bonchev–Trinajstić information content (AvgIpc) is 2.14. The van der Waals surface area contributed by atoms with Crippen LogP contribution in [-0.2, 0) is 0 Å². The summed E-state index contributed by atoms with van der Waals surface area (Å²) in [6.07, 6.45) is 0. The number of hydrogen-bond acceptors (Lipinski definition) is 3. The van der Waals surface area contributed by atoms with E-state index in [4.69, 9.17) is 5.26 Å². The Kier molecular flexibility index (Phi) is 2.64. The number of nitriles is 1. The molecule has 0 unspecified atom stereocenters. The highest BCUT2D eigenvalue weighted by Crippen LogP contribution is 2.24. The molecule has 1 aliphatic heterocycles. The predicted molar refractivity (Wildman–Crippen MR) is 60.6 cm³/mol. The third kappa shape index (κ3) is 1.85. The van der Waals surface area contributed by atoms with Crippen LogP contribution < -0.4 is 5.32 Å². The number of aryl methyl sites for hydroxylation is 1. The van der Waals surface area contributed by atoms with Gasteiger partial charge in [-0.3, -0.25) is 0 Å². The highest BCUT2D eigenvalue weighted by Gasteiger charge is 2.18. The van der Waals surface area contributed by atoms with E-state index >= 15 is 0 Å². The molecular formula is C11H12N2S. The first kappa shape index (κ1) is 9.42. The minimum Gasteiger partial charge on any atom is -0.380 e. The van der Waals surface area contributed by atoms with Crippen LogP contribution in [0.4, 0.5) is 5.69 Å². The average molecular weight is 204 g/mol. The van der Waals surface area contributed by atoms with Gasteiger partial charge in [-0.1, -0.05) is 6.07 Å². The van der Waals surface area contributed by atoms with E-state index in [-0.39, 0.29) is 0 Å². The normalized spacial score (nSPS) is 15.7. The number of nitrogens with zero attached hydrogens (tertiary/aromatic N) is 1. The van der Waals surface area contributed by atoms with Gasteiger partial charge in [0.1, 0.15) is 0 Å². The SMILES string of the molecule is Cc1ccc(C#N)cc1NC1CSC1. The van der Waals surface area contributed by atoms with Crippen LogP contribution in [-0.4, -0.2) is 17.5 Å². The van der Waals surface area contributed by atoms with Crippen LogP contribution in [0, 0.1) is 18.3 Å². The molecule has 1 fully saturated rings. The quantitative estimate of drug-likeness (QED) is 0.803. The molecule has 1 heterocycles. The summed E-state index contributed by atoms with van der Waals surface area (Å²) in [4.78, 5) is 0. The molecule has 2 rings (SSSR count). The predicted octanol–water partition coefficient (Wildman–Crippen LogP) is 2.39. The Labute approximate surface area is 88.3 Å². The number of hydrogen-bond donors (Lipinski definition) is 1. The first-order valence-electron chi connectivity index (χ1n) is 4.64. The van der Waals surface area contributed by atoms with Crippen molar-refractivity contribution in [1.82, 2.24) is 0 Å². The van der Waals surface area contributed by atoms with Crippen LogP contribution in [0.15, 0.2) is 18.2 Å². The summed E-state index contributed by atoms with van der Waals surface area (Å²) in [5.74, 6) is 2.35. The highest BCUT2D eigenvalue weighted by molar-refractivity contribution is 8.00. The fourth-order valence-electron chi connectivity index (χ4n) is 1.39. The lowest BCUT2D eigenvalue weighted by Gasteiger charge is -2.27. The van der Waals surface area contributed by atoms with Gasteiger partial charge in [0, 0.05) is 23.2 Å². The third-order valence-corrected chi connectivity index (χ3v) is 3.64. The summed E-state index contributed by atoms with van der Waals surface area (Å²) in [6, 6.07) is 8.53. The van der Waals surface area contributed by atoms with E-state index < -0.39 is 0 Å². The van der Waals surface area contributed by atoms with Gasteiger partial charge in [0.2, 0.25) is 0 Å². The Morgan fingerprint density at radius 1 is 1.50 bits per heavy atom. The van der Waals surface area contributed by atoms with E-state index in [0.717, 1.165) is 11.3 Å². The second-order valence-electron chi connectivity index (χ2n) is 3.52. The Morgan fingerprint density at radius 3 is 2.86 bits per heavy atom. The monoisotopic (exact) mass is 204 g/mol. The molecule has 0 amide bonds. The first-order valence-corrected chi connectivity index (χ1v) is 5.80. The number of benzene rings is 1. The summed E-state index contributed by atoms with van der Waals surface area (Å²) < 4.78 is 0. The molecule has 2 nitrogen and oxygen atoms in total. The molecular weight excluding hydrogens is 192 g/mol. The number of rotatable bonds is 2. The van der Waals surface area contributed by atoms with Gasteiger partial charge in [0.25, 0.3) is 0 Å².